The van der Waals surface area contributed by atoms with Crippen molar-refractivity contribution in [3.63, 3.8) is 0 Å². The SMILES string of the molecule is O=C(CSc1nnc(N2CCOCC2)n1Cc1ccccc1)NCCCSc1ccccc1. The topological polar surface area (TPSA) is 72.3 Å². The predicted octanol–water partition coefficient (Wildman–Crippen LogP) is 3.55. The van der Waals surface area contributed by atoms with Crippen molar-refractivity contribution < 1.29 is 9.53 Å². The van der Waals surface area contributed by atoms with E-state index < -0.39 is 0 Å². The number of nitrogens with one attached hydrogen (secondary N) is 1. The van der Waals surface area contributed by atoms with Crippen LogP contribution in [-0.2, 0) is 16.1 Å². The minimum atomic E-state index is 0.0203. The summed E-state index contributed by atoms with van der Waals surface area (Å²) in [5.74, 6) is 2.16. The van der Waals surface area contributed by atoms with Gasteiger partial charge in [-0.3, -0.25) is 9.36 Å². The normalized spacial score (nSPS) is 13.8. The molecule has 33 heavy (non-hydrogen) atoms. The smallest absolute Gasteiger partial charge is 0.230 e. The third kappa shape index (κ3) is 7.25. The molecule has 0 unspecified atom stereocenters. The third-order valence-corrected chi connectivity index (χ3v) is 7.23. The Kier molecular flexibility index (Phi) is 9.08. The van der Waals surface area contributed by atoms with E-state index in [0.29, 0.717) is 32.1 Å². The van der Waals surface area contributed by atoms with Crippen LogP contribution in [0.3, 0.4) is 0 Å². The van der Waals surface area contributed by atoms with Crippen molar-refractivity contribution in [3.8, 4) is 0 Å². The molecule has 2 heterocycles. The number of amides is 1. The van der Waals surface area contributed by atoms with Crippen molar-refractivity contribution in [2.45, 2.75) is 23.0 Å². The lowest BCUT2D eigenvalue weighted by Crippen LogP contribution is -2.38. The molecule has 1 fully saturated rings. The maximum Gasteiger partial charge on any atom is 0.230 e. The summed E-state index contributed by atoms with van der Waals surface area (Å²) in [6.07, 6.45) is 0.932. The number of rotatable bonds is 11. The summed E-state index contributed by atoms with van der Waals surface area (Å²) in [4.78, 5) is 15.9. The number of thioether (sulfide) groups is 2. The molecule has 0 spiro atoms. The van der Waals surface area contributed by atoms with Crippen LogP contribution in [0.5, 0.6) is 0 Å². The Hall–Kier alpha value is -2.49. The van der Waals surface area contributed by atoms with Crippen molar-refractivity contribution >= 4 is 35.4 Å². The molecular weight excluding hydrogens is 454 g/mol. The van der Waals surface area contributed by atoms with Gasteiger partial charge in [-0.25, -0.2) is 0 Å². The number of benzene rings is 2. The number of ether oxygens (including phenoxy) is 1. The summed E-state index contributed by atoms with van der Waals surface area (Å²) >= 11 is 3.24. The Balaban J connectivity index is 1.29. The van der Waals surface area contributed by atoms with Crippen LogP contribution in [0.4, 0.5) is 5.95 Å². The fraction of sp³-hybridized carbons (Fsp3) is 0.375. The Morgan fingerprint density at radius 1 is 0.970 bits per heavy atom. The van der Waals surface area contributed by atoms with Crippen LogP contribution in [0.15, 0.2) is 70.7 Å². The van der Waals surface area contributed by atoms with E-state index in [-0.39, 0.29) is 5.91 Å². The molecule has 1 aromatic heterocycles. The van der Waals surface area contributed by atoms with Crippen molar-refractivity contribution in [1.29, 1.82) is 0 Å². The number of morpholine rings is 1. The zero-order chi connectivity index (χ0) is 22.7. The van der Waals surface area contributed by atoms with Gasteiger partial charge in [0.1, 0.15) is 0 Å². The summed E-state index contributed by atoms with van der Waals surface area (Å²) in [6, 6.07) is 20.6. The highest BCUT2D eigenvalue weighted by Crippen LogP contribution is 2.24. The van der Waals surface area contributed by atoms with Crippen LogP contribution in [-0.4, -0.2) is 65.0 Å². The molecule has 0 aliphatic carbocycles. The monoisotopic (exact) mass is 483 g/mol. The first-order valence-electron chi connectivity index (χ1n) is 11.2. The molecule has 1 aliphatic heterocycles. The fourth-order valence-corrected chi connectivity index (χ4v) is 5.11. The third-order valence-electron chi connectivity index (χ3n) is 5.16. The number of aromatic nitrogens is 3. The van der Waals surface area contributed by atoms with Gasteiger partial charge < -0.3 is 15.0 Å². The number of carbonyl (C=O) groups excluding carboxylic acids is 1. The van der Waals surface area contributed by atoms with Gasteiger partial charge in [0.2, 0.25) is 11.9 Å². The first-order chi connectivity index (χ1) is 16.3. The molecule has 3 aromatic rings. The zero-order valence-corrected chi connectivity index (χ0v) is 20.2. The van der Waals surface area contributed by atoms with Crippen LogP contribution >= 0.6 is 23.5 Å². The molecule has 0 bridgehead atoms. The molecule has 1 N–H and O–H groups in total. The maximum absolute atomic E-state index is 12.4. The zero-order valence-electron chi connectivity index (χ0n) is 18.6. The second-order valence-electron chi connectivity index (χ2n) is 7.61. The van der Waals surface area contributed by atoms with E-state index in [2.05, 4.69) is 49.2 Å². The average molecular weight is 484 g/mol. The molecule has 7 nitrogen and oxygen atoms in total. The van der Waals surface area contributed by atoms with E-state index in [0.717, 1.165) is 36.4 Å². The highest BCUT2D eigenvalue weighted by Gasteiger charge is 2.21. The molecule has 4 rings (SSSR count). The van der Waals surface area contributed by atoms with Gasteiger partial charge in [-0.15, -0.1) is 22.0 Å². The number of carbonyl (C=O) groups is 1. The molecule has 1 saturated heterocycles. The van der Waals surface area contributed by atoms with Gasteiger partial charge >= 0.3 is 0 Å². The van der Waals surface area contributed by atoms with E-state index in [1.165, 1.54) is 22.2 Å². The largest absolute Gasteiger partial charge is 0.378 e. The molecule has 0 radical (unpaired) electrons. The van der Waals surface area contributed by atoms with Gasteiger partial charge in [0.15, 0.2) is 5.16 Å². The Labute approximate surface area is 203 Å². The number of hydrogen-bond donors (Lipinski definition) is 1. The molecule has 0 saturated carbocycles. The van der Waals surface area contributed by atoms with Crippen molar-refractivity contribution in [2.24, 2.45) is 0 Å². The van der Waals surface area contributed by atoms with Gasteiger partial charge in [-0.1, -0.05) is 60.3 Å². The van der Waals surface area contributed by atoms with Crippen LogP contribution in [0.2, 0.25) is 0 Å². The summed E-state index contributed by atoms with van der Waals surface area (Å²) < 4.78 is 7.59. The first kappa shape index (κ1) is 23.7. The van der Waals surface area contributed by atoms with E-state index in [1.807, 2.05) is 48.2 Å². The minimum Gasteiger partial charge on any atom is -0.378 e. The lowest BCUT2D eigenvalue weighted by atomic mass is 10.2. The van der Waals surface area contributed by atoms with E-state index in [4.69, 9.17) is 4.74 Å². The second kappa shape index (κ2) is 12.7. The highest BCUT2D eigenvalue weighted by molar-refractivity contribution is 7.99. The average Bonchev–Trinajstić information content (AvgIpc) is 3.26. The number of hydrogen-bond acceptors (Lipinski definition) is 7. The second-order valence-corrected chi connectivity index (χ2v) is 9.72. The van der Waals surface area contributed by atoms with Crippen LogP contribution in [0, 0.1) is 0 Å². The molecular formula is C24H29N5O2S2. The van der Waals surface area contributed by atoms with Crippen molar-refractivity contribution in [1.82, 2.24) is 20.1 Å². The summed E-state index contributed by atoms with van der Waals surface area (Å²) in [5.41, 5.74) is 1.18. The Morgan fingerprint density at radius 3 is 2.45 bits per heavy atom. The Morgan fingerprint density at radius 2 is 1.70 bits per heavy atom. The first-order valence-corrected chi connectivity index (χ1v) is 13.1. The van der Waals surface area contributed by atoms with Crippen LogP contribution in [0.25, 0.3) is 0 Å². The van der Waals surface area contributed by atoms with Crippen LogP contribution in [0.1, 0.15) is 12.0 Å². The molecule has 1 amide bonds. The molecule has 1 aliphatic rings. The summed E-state index contributed by atoms with van der Waals surface area (Å²) in [5, 5.41) is 12.7. The van der Waals surface area contributed by atoms with E-state index >= 15 is 0 Å². The molecule has 2 aromatic carbocycles. The van der Waals surface area contributed by atoms with Gasteiger partial charge in [0.05, 0.1) is 25.5 Å². The Bertz CT molecular complexity index is 995. The van der Waals surface area contributed by atoms with Gasteiger partial charge in [-0.2, -0.15) is 0 Å². The molecule has 9 heteroatoms. The quantitative estimate of drug-likeness (QED) is 0.330. The minimum absolute atomic E-state index is 0.0203. The van der Waals surface area contributed by atoms with Crippen molar-refractivity contribution in [2.75, 3.05) is 49.3 Å². The lowest BCUT2D eigenvalue weighted by Gasteiger charge is -2.28. The predicted molar refractivity (Wildman–Crippen MR) is 134 cm³/mol. The van der Waals surface area contributed by atoms with Gasteiger partial charge in [0.25, 0.3) is 0 Å². The highest BCUT2D eigenvalue weighted by atomic mass is 32.2. The van der Waals surface area contributed by atoms with Crippen molar-refractivity contribution in [3.05, 3.63) is 66.2 Å². The fourth-order valence-electron chi connectivity index (χ4n) is 3.48. The lowest BCUT2D eigenvalue weighted by molar-refractivity contribution is -0.118. The van der Waals surface area contributed by atoms with Gasteiger partial charge in [0, 0.05) is 24.5 Å². The molecule has 174 valence electrons. The van der Waals surface area contributed by atoms with E-state index in [9.17, 15) is 4.79 Å². The number of anilines is 1. The summed E-state index contributed by atoms with van der Waals surface area (Å²) in [6.45, 7) is 4.30. The van der Waals surface area contributed by atoms with Gasteiger partial charge in [-0.05, 0) is 29.9 Å². The standard InChI is InChI=1S/C24H29N5O2S2/c30-22(25-12-7-17-32-21-10-5-2-6-11-21)19-33-24-27-26-23(28-13-15-31-16-14-28)29(24)18-20-8-3-1-4-9-20/h1-6,8-11H,7,12-19H2,(H,25,30). The number of nitrogens with zero attached hydrogens (tertiary/aromatic N) is 4. The maximum atomic E-state index is 12.4. The molecule has 0 atom stereocenters. The van der Waals surface area contributed by atoms with E-state index in [1.54, 1.807) is 0 Å². The summed E-state index contributed by atoms with van der Waals surface area (Å²) in [7, 11) is 0. The van der Waals surface area contributed by atoms with Crippen LogP contribution < -0.4 is 10.2 Å².